The van der Waals surface area contributed by atoms with E-state index >= 15 is 0 Å². The summed E-state index contributed by atoms with van der Waals surface area (Å²) in [6, 6.07) is 14.4. The molecule has 0 aliphatic carbocycles. The molecule has 0 saturated carbocycles. The fourth-order valence-electron chi connectivity index (χ4n) is 4.06. The first kappa shape index (κ1) is 25.6. The number of phenols is 1. The fourth-order valence-corrected chi connectivity index (χ4v) is 4.81. The molecule has 0 atom stereocenters. The Morgan fingerprint density at radius 2 is 1.75 bits per heavy atom. The Hall–Kier alpha value is -3.44. The van der Waals surface area contributed by atoms with Crippen molar-refractivity contribution in [2.75, 3.05) is 67.7 Å². The van der Waals surface area contributed by atoms with Crippen molar-refractivity contribution >= 4 is 34.8 Å². The van der Waals surface area contributed by atoms with Gasteiger partial charge in [0.2, 0.25) is 5.82 Å². The highest BCUT2D eigenvalue weighted by Gasteiger charge is 2.22. The summed E-state index contributed by atoms with van der Waals surface area (Å²) in [5.41, 5.74) is 1.04. The number of benzene rings is 1. The van der Waals surface area contributed by atoms with Crippen LogP contribution in [0.2, 0.25) is 0 Å². The molecule has 3 aromatic rings. The number of rotatable bonds is 11. The van der Waals surface area contributed by atoms with E-state index in [4.69, 9.17) is 4.42 Å². The van der Waals surface area contributed by atoms with Gasteiger partial charge in [-0.05, 0) is 56.6 Å². The highest BCUT2D eigenvalue weighted by atomic mass is 32.2. The van der Waals surface area contributed by atoms with Crippen molar-refractivity contribution in [1.82, 2.24) is 9.88 Å². The number of anilines is 3. The number of aromatic hydroxyl groups is 1. The number of pyridine rings is 1. The molecule has 0 amide bonds. The van der Waals surface area contributed by atoms with Gasteiger partial charge in [-0.3, -0.25) is 10.1 Å². The van der Waals surface area contributed by atoms with E-state index < -0.39 is 4.92 Å². The maximum absolute atomic E-state index is 11.6. The number of furan rings is 1. The number of hydrogen-bond donors (Lipinski definition) is 2. The Morgan fingerprint density at radius 1 is 1.06 bits per heavy atom. The van der Waals surface area contributed by atoms with Crippen LogP contribution in [-0.4, -0.2) is 72.5 Å². The van der Waals surface area contributed by atoms with Crippen molar-refractivity contribution in [3.63, 3.8) is 0 Å². The summed E-state index contributed by atoms with van der Waals surface area (Å²) in [6.07, 6.45) is 0. The fraction of sp³-hybridized carbons (Fsp3) is 0.400. The topological polar surface area (TPSA) is 111 Å². The van der Waals surface area contributed by atoms with Crippen LogP contribution in [0.5, 0.6) is 5.75 Å². The van der Waals surface area contributed by atoms with Gasteiger partial charge < -0.3 is 29.5 Å². The van der Waals surface area contributed by atoms with Crippen LogP contribution in [-0.2, 0) is 12.3 Å². The van der Waals surface area contributed by atoms with E-state index in [9.17, 15) is 15.2 Å². The molecule has 2 aromatic heterocycles. The minimum absolute atomic E-state index is 0.0224. The second-order valence-electron chi connectivity index (χ2n) is 8.87. The van der Waals surface area contributed by atoms with E-state index in [1.165, 1.54) is 6.07 Å². The molecule has 0 unspecified atom stereocenters. The summed E-state index contributed by atoms with van der Waals surface area (Å²) in [6.45, 7) is 4.42. The number of piperazine rings is 1. The van der Waals surface area contributed by atoms with Gasteiger partial charge in [-0.2, -0.15) is 11.8 Å². The first-order chi connectivity index (χ1) is 17.4. The average Bonchev–Trinajstić information content (AvgIpc) is 3.30. The SMILES string of the molecule is CN(C)Cc1ccc(CSCCNc2nc(N3CCN(c4ccc(O)cc4)CC3)ccc2[N+](=O)[O-])o1. The third-order valence-electron chi connectivity index (χ3n) is 5.85. The normalized spacial score (nSPS) is 13.9. The number of phenolic OH excluding ortho intramolecular Hbond substituents is 1. The van der Waals surface area contributed by atoms with E-state index in [0.717, 1.165) is 67.3 Å². The second-order valence-corrected chi connectivity index (χ2v) is 9.98. The Kier molecular flexibility index (Phi) is 8.55. The molecule has 3 heterocycles. The highest BCUT2D eigenvalue weighted by Crippen LogP contribution is 2.27. The van der Waals surface area contributed by atoms with E-state index in [2.05, 4.69) is 25.0 Å². The summed E-state index contributed by atoms with van der Waals surface area (Å²) in [5, 5.41) is 24.2. The standard InChI is InChI=1S/C25H32N6O4S/c1-28(2)17-21-7-8-22(35-21)18-36-16-11-26-25-23(31(33)34)9-10-24(27-25)30-14-12-29(13-15-30)19-3-5-20(32)6-4-19/h3-10,32H,11-18H2,1-2H3,(H,26,27). The quantitative estimate of drug-likeness (QED) is 0.222. The van der Waals surface area contributed by atoms with Crippen LogP contribution in [0.3, 0.4) is 0 Å². The van der Waals surface area contributed by atoms with Crippen LogP contribution in [0, 0.1) is 10.1 Å². The van der Waals surface area contributed by atoms with Gasteiger partial charge in [0.15, 0.2) is 0 Å². The van der Waals surface area contributed by atoms with Crippen LogP contribution in [0.25, 0.3) is 0 Å². The van der Waals surface area contributed by atoms with Gasteiger partial charge in [-0.25, -0.2) is 4.98 Å². The first-order valence-electron chi connectivity index (χ1n) is 11.9. The molecule has 11 heteroatoms. The summed E-state index contributed by atoms with van der Waals surface area (Å²) >= 11 is 1.70. The molecule has 10 nitrogen and oxygen atoms in total. The summed E-state index contributed by atoms with van der Waals surface area (Å²) in [7, 11) is 4.01. The predicted molar refractivity (Wildman–Crippen MR) is 144 cm³/mol. The smallest absolute Gasteiger partial charge is 0.311 e. The molecular formula is C25H32N6O4S. The van der Waals surface area contributed by atoms with Crippen LogP contribution < -0.4 is 15.1 Å². The Morgan fingerprint density at radius 3 is 2.44 bits per heavy atom. The largest absolute Gasteiger partial charge is 0.508 e. The Labute approximate surface area is 215 Å². The molecule has 1 aliphatic rings. The maximum atomic E-state index is 11.6. The third kappa shape index (κ3) is 6.82. The average molecular weight is 513 g/mol. The maximum Gasteiger partial charge on any atom is 0.311 e. The molecule has 0 bridgehead atoms. The van der Waals surface area contributed by atoms with Crippen LogP contribution in [0.4, 0.5) is 23.0 Å². The number of nitro groups is 1. The van der Waals surface area contributed by atoms with Gasteiger partial charge in [0.05, 0.1) is 17.2 Å². The lowest BCUT2D eigenvalue weighted by molar-refractivity contribution is -0.384. The van der Waals surface area contributed by atoms with Gasteiger partial charge in [0.1, 0.15) is 23.1 Å². The number of nitrogens with one attached hydrogen (secondary N) is 1. The van der Waals surface area contributed by atoms with Crippen LogP contribution in [0.15, 0.2) is 52.9 Å². The zero-order valence-corrected chi connectivity index (χ0v) is 21.4. The van der Waals surface area contributed by atoms with Crippen molar-refractivity contribution in [1.29, 1.82) is 0 Å². The zero-order valence-electron chi connectivity index (χ0n) is 20.6. The molecule has 1 aromatic carbocycles. The third-order valence-corrected chi connectivity index (χ3v) is 6.83. The van der Waals surface area contributed by atoms with Gasteiger partial charge in [-0.1, -0.05) is 0 Å². The molecule has 1 fully saturated rings. The summed E-state index contributed by atoms with van der Waals surface area (Å²) in [4.78, 5) is 22.2. The summed E-state index contributed by atoms with van der Waals surface area (Å²) in [5.74, 6) is 4.65. The van der Waals surface area contributed by atoms with Gasteiger partial charge in [-0.15, -0.1) is 0 Å². The molecule has 1 saturated heterocycles. The molecule has 0 radical (unpaired) electrons. The minimum Gasteiger partial charge on any atom is -0.508 e. The van der Waals surface area contributed by atoms with Crippen LogP contribution >= 0.6 is 11.8 Å². The van der Waals surface area contributed by atoms with E-state index in [0.29, 0.717) is 12.4 Å². The molecule has 36 heavy (non-hydrogen) atoms. The van der Waals surface area contributed by atoms with E-state index in [1.807, 2.05) is 38.4 Å². The van der Waals surface area contributed by atoms with Crippen molar-refractivity contribution in [2.24, 2.45) is 0 Å². The lowest BCUT2D eigenvalue weighted by Gasteiger charge is -2.36. The predicted octanol–water partition coefficient (Wildman–Crippen LogP) is 4.02. The molecule has 2 N–H and O–H groups in total. The van der Waals surface area contributed by atoms with Gasteiger partial charge in [0.25, 0.3) is 0 Å². The lowest BCUT2D eigenvalue weighted by atomic mass is 10.2. The molecule has 4 rings (SSSR count). The van der Waals surface area contributed by atoms with Crippen LogP contribution in [0.1, 0.15) is 11.5 Å². The summed E-state index contributed by atoms with van der Waals surface area (Å²) < 4.78 is 5.83. The minimum atomic E-state index is -0.399. The molecular weight excluding hydrogens is 480 g/mol. The van der Waals surface area contributed by atoms with Gasteiger partial charge in [0, 0.05) is 50.2 Å². The highest BCUT2D eigenvalue weighted by molar-refractivity contribution is 7.98. The molecule has 192 valence electrons. The first-order valence-corrected chi connectivity index (χ1v) is 13.0. The Balaban J connectivity index is 1.29. The van der Waals surface area contributed by atoms with Crippen molar-refractivity contribution in [3.05, 3.63) is 70.2 Å². The number of nitrogens with zero attached hydrogens (tertiary/aromatic N) is 5. The van der Waals surface area contributed by atoms with E-state index in [-0.39, 0.29) is 11.4 Å². The van der Waals surface area contributed by atoms with Crippen molar-refractivity contribution in [3.8, 4) is 5.75 Å². The zero-order chi connectivity index (χ0) is 25.5. The molecule has 0 spiro atoms. The molecule has 1 aliphatic heterocycles. The van der Waals surface area contributed by atoms with Gasteiger partial charge >= 0.3 is 5.69 Å². The second kappa shape index (κ2) is 12.0. The van der Waals surface area contributed by atoms with E-state index in [1.54, 1.807) is 30.0 Å². The van der Waals surface area contributed by atoms with Crippen molar-refractivity contribution < 1.29 is 14.4 Å². The Bertz CT molecular complexity index is 1150. The monoisotopic (exact) mass is 512 g/mol. The van der Waals surface area contributed by atoms with Crippen molar-refractivity contribution in [2.45, 2.75) is 12.3 Å². The number of aromatic nitrogens is 1. The number of thioether (sulfide) groups is 1. The lowest BCUT2D eigenvalue weighted by Crippen LogP contribution is -2.46. The number of hydrogen-bond acceptors (Lipinski definition) is 10.